The number of nitrogens with one attached hydrogen (secondary N) is 1. The molecule has 0 atom stereocenters. The van der Waals surface area contributed by atoms with Crippen molar-refractivity contribution in [3.05, 3.63) is 40.0 Å². The molecule has 0 fully saturated rings. The fourth-order valence-electron chi connectivity index (χ4n) is 1.74. The van der Waals surface area contributed by atoms with Crippen molar-refractivity contribution in [2.24, 2.45) is 0 Å². The lowest BCUT2D eigenvalue weighted by Crippen LogP contribution is -2.02. The monoisotopic (exact) mass is 262 g/mol. The molecule has 0 aliphatic heterocycles. The van der Waals surface area contributed by atoms with Gasteiger partial charge in [-0.05, 0) is 44.0 Å². The van der Waals surface area contributed by atoms with Crippen molar-refractivity contribution in [1.29, 1.82) is 0 Å². The van der Waals surface area contributed by atoms with E-state index in [1.165, 1.54) is 0 Å². The van der Waals surface area contributed by atoms with E-state index in [2.05, 4.69) is 15.3 Å². The highest BCUT2D eigenvalue weighted by molar-refractivity contribution is 6.32. The predicted molar refractivity (Wildman–Crippen MR) is 75.4 cm³/mol. The van der Waals surface area contributed by atoms with Crippen molar-refractivity contribution in [3.8, 4) is 0 Å². The predicted octanol–water partition coefficient (Wildman–Crippen LogP) is 3.38. The topological polar surface area (TPSA) is 63.8 Å². The van der Waals surface area contributed by atoms with Crippen molar-refractivity contribution < 1.29 is 0 Å². The maximum absolute atomic E-state index is 6.14. The van der Waals surface area contributed by atoms with Gasteiger partial charge in [0.1, 0.15) is 5.82 Å². The van der Waals surface area contributed by atoms with Gasteiger partial charge in [-0.25, -0.2) is 4.98 Å². The third kappa shape index (κ3) is 2.54. The molecule has 0 aliphatic carbocycles. The molecule has 0 bridgehead atoms. The first kappa shape index (κ1) is 12.6. The summed E-state index contributed by atoms with van der Waals surface area (Å²) in [4.78, 5) is 8.11. The summed E-state index contributed by atoms with van der Waals surface area (Å²) in [5.74, 6) is 0.967. The Labute approximate surface area is 111 Å². The molecule has 1 aromatic heterocycles. The molecule has 0 saturated heterocycles. The van der Waals surface area contributed by atoms with E-state index >= 15 is 0 Å². The first-order chi connectivity index (χ1) is 8.47. The van der Waals surface area contributed by atoms with Gasteiger partial charge in [-0.15, -0.1) is 0 Å². The first-order valence-electron chi connectivity index (χ1n) is 5.60. The van der Waals surface area contributed by atoms with Gasteiger partial charge in [-0.3, -0.25) is 0 Å². The summed E-state index contributed by atoms with van der Waals surface area (Å²) >= 11 is 6.14. The van der Waals surface area contributed by atoms with Gasteiger partial charge >= 0.3 is 0 Å². The summed E-state index contributed by atoms with van der Waals surface area (Å²) in [6.45, 7) is 5.88. The number of nitrogens with zero attached hydrogens (tertiary/aromatic N) is 2. The highest BCUT2D eigenvalue weighted by Gasteiger charge is 2.06. The number of hydrogen-bond donors (Lipinski definition) is 2. The lowest BCUT2D eigenvalue weighted by Gasteiger charge is -2.11. The molecule has 94 valence electrons. The van der Waals surface area contributed by atoms with E-state index in [4.69, 9.17) is 17.3 Å². The number of benzene rings is 1. The van der Waals surface area contributed by atoms with Gasteiger partial charge < -0.3 is 11.1 Å². The van der Waals surface area contributed by atoms with Gasteiger partial charge in [-0.2, -0.15) is 4.98 Å². The summed E-state index contributed by atoms with van der Waals surface area (Å²) in [6.07, 6.45) is 1.69. The number of halogens is 1. The Hall–Kier alpha value is -1.81. The zero-order chi connectivity index (χ0) is 13.3. The van der Waals surface area contributed by atoms with Crippen LogP contribution in [0.5, 0.6) is 0 Å². The van der Waals surface area contributed by atoms with Crippen LogP contribution in [0.2, 0.25) is 5.02 Å². The molecular formula is C13H15ClN4. The summed E-state index contributed by atoms with van der Waals surface area (Å²) in [6, 6.07) is 3.96. The van der Waals surface area contributed by atoms with Crippen LogP contribution in [0.1, 0.15) is 16.7 Å². The largest absolute Gasteiger partial charge is 0.368 e. The Morgan fingerprint density at radius 3 is 2.33 bits per heavy atom. The Kier molecular flexibility index (Phi) is 3.39. The van der Waals surface area contributed by atoms with E-state index < -0.39 is 0 Å². The van der Waals surface area contributed by atoms with Crippen molar-refractivity contribution >= 4 is 29.1 Å². The highest BCUT2D eigenvalue weighted by atomic mass is 35.5. The van der Waals surface area contributed by atoms with Crippen molar-refractivity contribution in [3.63, 3.8) is 0 Å². The molecule has 4 nitrogen and oxygen atoms in total. The fraction of sp³-hybridized carbons (Fsp3) is 0.231. The molecule has 2 aromatic rings. The van der Waals surface area contributed by atoms with Gasteiger partial charge in [-0.1, -0.05) is 11.6 Å². The van der Waals surface area contributed by atoms with Crippen molar-refractivity contribution in [2.75, 3.05) is 11.1 Å². The lowest BCUT2D eigenvalue weighted by atomic mass is 10.1. The second-order valence-corrected chi connectivity index (χ2v) is 4.69. The van der Waals surface area contributed by atoms with Crippen molar-refractivity contribution in [1.82, 2.24) is 9.97 Å². The second-order valence-electron chi connectivity index (χ2n) is 4.31. The first-order valence-corrected chi connectivity index (χ1v) is 5.98. The molecule has 18 heavy (non-hydrogen) atoms. The normalized spacial score (nSPS) is 10.4. The fourth-order valence-corrected chi connectivity index (χ4v) is 1.85. The molecule has 5 heteroatoms. The smallest absolute Gasteiger partial charge is 0.221 e. The zero-order valence-electron chi connectivity index (χ0n) is 10.6. The van der Waals surface area contributed by atoms with Crippen LogP contribution in [0, 0.1) is 20.8 Å². The number of anilines is 3. The van der Waals surface area contributed by atoms with Crippen molar-refractivity contribution in [2.45, 2.75) is 20.8 Å². The average molecular weight is 263 g/mol. The summed E-state index contributed by atoms with van der Waals surface area (Å²) in [5, 5.41) is 4.02. The van der Waals surface area contributed by atoms with Crippen LogP contribution in [0.25, 0.3) is 0 Å². The van der Waals surface area contributed by atoms with Crippen LogP contribution in [-0.4, -0.2) is 9.97 Å². The summed E-state index contributed by atoms with van der Waals surface area (Å²) < 4.78 is 0. The molecule has 0 amide bonds. The number of rotatable bonds is 2. The molecule has 1 aromatic carbocycles. The maximum atomic E-state index is 6.14. The Morgan fingerprint density at radius 2 is 1.72 bits per heavy atom. The molecule has 2 rings (SSSR count). The molecule has 0 saturated carbocycles. The Balaban J connectivity index is 2.37. The number of aryl methyl sites for hydroxylation is 3. The van der Waals surface area contributed by atoms with Crippen LogP contribution in [0.15, 0.2) is 18.3 Å². The van der Waals surface area contributed by atoms with Crippen LogP contribution in [0.4, 0.5) is 17.5 Å². The average Bonchev–Trinajstić information content (AvgIpc) is 2.31. The van der Waals surface area contributed by atoms with Gasteiger partial charge in [0, 0.05) is 22.5 Å². The molecule has 0 spiro atoms. The minimum absolute atomic E-state index is 0.255. The van der Waals surface area contributed by atoms with Gasteiger partial charge in [0.05, 0.1) is 0 Å². The maximum Gasteiger partial charge on any atom is 0.221 e. The number of nitrogens with two attached hydrogens (primary N) is 1. The van der Waals surface area contributed by atoms with Crippen LogP contribution >= 0.6 is 11.6 Å². The molecular weight excluding hydrogens is 248 g/mol. The Bertz CT molecular complexity index is 573. The van der Waals surface area contributed by atoms with E-state index in [0.29, 0.717) is 5.82 Å². The quantitative estimate of drug-likeness (QED) is 0.871. The van der Waals surface area contributed by atoms with Crippen LogP contribution in [0.3, 0.4) is 0 Å². The number of aromatic nitrogens is 2. The molecule has 1 heterocycles. The molecule has 0 unspecified atom stereocenters. The lowest BCUT2D eigenvalue weighted by molar-refractivity contribution is 1.14. The SMILES string of the molecule is Cc1cnc(N)nc1Nc1cc(C)c(Cl)c(C)c1. The highest BCUT2D eigenvalue weighted by Crippen LogP contribution is 2.26. The zero-order valence-corrected chi connectivity index (χ0v) is 11.3. The molecule has 0 radical (unpaired) electrons. The van der Waals surface area contributed by atoms with E-state index in [0.717, 1.165) is 27.4 Å². The third-order valence-electron chi connectivity index (χ3n) is 2.69. The molecule has 0 aliphatic rings. The second kappa shape index (κ2) is 4.82. The summed E-state index contributed by atoms with van der Waals surface area (Å²) in [5.41, 5.74) is 9.51. The number of hydrogen-bond acceptors (Lipinski definition) is 4. The standard InChI is InChI=1S/C13H15ClN4/c1-7-4-10(5-8(2)11(7)14)17-12-9(3)6-16-13(15)18-12/h4-6H,1-3H3,(H3,15,16,17,18). The summed E-state index contributed by atoms with van der Waals surface area (Å²) in [7, 11) is 0. The van der Waals surface area contributed by atoms with Gasteiger partial charge in [0.2, 0.25) is 5.95 Å². The minimum atomic E-state index is 0.255. The molecule has 3 N–H and O–H groups in total. The Morgan fingerprint density at radius 1 is 1.11 bits per heavy atom. The van der Waals surface area contributed by atoms with E-state index in [1.807, 2.05) is 32.9 Å². The third-order valence-corrected chi connectivity index (χ3v) is 3.29. The van der Waals surface area contributed by atoms with E-state index in [9.17, 15) is 0 Å². The van der Waals surface area contributed by atoms with E-state index in [-0.39, 0.29) is 5.95 Å². The van der Waals surface area contributed by atoms with E-state index in [1.54, 1.807) is 6.20 Å². The van der Waals surface area contributed by atoms with Gasteiger partial charge in [0.25, 0.3) is 0 Å². The minimum Gasteiger partial charge on any atom is -0.368 e. The van der Waals surface area contributed by atoms with Gasteiger partial charge in [0.15, 0.2) is 0 Å². The van der Waals surface area contributed by atoms with Crippen LogP contribution < -0.4 is 11.1 Å². The number of nitrogen functional groups attached to an aromatic ring is 1. The van der Waals surface area contributed by atoms with Crippen LogP contribution in [-0.2, 0) is 0 Å².